The van der Waals surface area contributed by atoms with Crippen molar-refractivity contribution in [2.24, 2.45) is 11.8 Å². The van der Waals surface area contributed by atoms with Crippen LogP contribution in [-0.4, -0.2) is 16.1 Å². The summed E-state index contributed by atoms with van der Waals surface area (Å²) in [5.41, 5.74) is 0.630. The predicted octanol–water partition coefficient (Wildman–Crippen LogP) is 4.40. The molecule has 0 bridgehead atoms. The van der Waals surface area contributed by atoms with E-state index in [4.69, 9.17) is 4.42 Å². The molecule has 2 saturated carbocycles. The lowest BCUT2D eigenvalue weighted by Crippen LogP contribution is -2.27. The molecule has 3 rings (SSSR count). The highest BCUT2D eigenvalue weighted by Crippen LogP contribution is 2.46. The molecule has 1 heterocycles. The van der Waals surface area contributed by atoms with Crippen LogP contribution in [0.3, 0.4) is 0 Å². The first kappa shape index (κ1) is 14.6. The van der Waals surface area contributed by atoms with Crippen LogP contribution in [-0.2, 0) is 6.42 Å². The molecule has 2 aliphatic rings. The minimum absolute atomic E-state index is 0.0672. The van der Waals surface area contributed by atoms with E-state index < -0.39 is 5.97 Å². The largest absolute Gasteiger partial charge is 0.475 e. The molecule has 2 aliphatic carbocycles. The van der Waals surface area contributed by atoms with Gasteiger partial charge in [-0.2, -0.15) is 0 Å². The second kappa shape index (κ2) is 6.20. The highest BCUT2D eigenvalue weighted by molar-refractivity contribution is 5.85. The molecule has 4 nitrogen and oxygen atoms in total. The zero-order chi connectivity index (χ0) is 14.8. The van der Waals surface area contributed by atoms with Gasteiger partial charge in [0.15, 0.2) is 5.89 Å². The second-order valence-electron chi connectivity index (χ2n) is 6.70. The van der Waals surface area contributed by atoms with Gasteiger partial charge in [0.1, 0.15) is 0 Å². The van der Waals surface area contributed by atoms with Crippen molar-refractivity contribution in [1.82, 2.24) is 4.98 Å². The molecule has 21 heavy (non-hydrogen) atoms. The molecule has 116 valence electrons. The van der Waals surface area contributed by atoms with E-state index in [-0.39, 0.29) is 5.76 Å². The Balaban J connectivity index is 1.77. The minimum atomic E-state index is -0.983. The third-order valence-electron chi connectivity index (χ3n) is 5.28. The van der Waals surface area contributed by atoms with Crippen LogP contribution in [0.5, 0.6) is 0 Å². The smallest absolute Gasteiger partial charge is 0.373 e. The fraction of sp³-hybridized carbons (Fsp3) is 0.765. The summed E-state index contributed by atoms with van der Waals surface area (Å²) in [4.78, 5) is 15.8. The SMILES string of the molecule is CCCc1nc(C2CCC3CCCCC3C2)oc1C(=O)O. The van der Waals surface area contributed by atoms with Gasteiger partial charge in [0.25, 0.3) is 0 Å². The van der Waals surface area contributed by atoms with Crippen molar-refractivity contribution >= 4 is 5.97 Å². The summed E-state index contributed by atoms with van der Waals surface area (Å²) in [6.07, 6.45) is 10.5. The average Bonchev–Trinajstić information content (AvgIpc) is 2.91. The van der Waals surface area contributed by atoms with Gasteiger partial charge in [-0.15, -0.1) is 0 Å². The number of aromatic nitrogens is 1. The number of carboxylic acids is 1. The highest BCUT2D eigenvalue weighted by Gasteiger charge is 2.35. The summed E-state index contributed by atoms with van der Waals surface area (Å²) in [5.74, 6) is 1.78. The van der Waals surface area contributed by atoms with Crippen molar-refractivity contribution in [2.75, 3.05) is 0 Å². The number of aromatic carboxylic acids is 1. The van der Waals surface area contributed by atoms with Crippen LogP contribution in [0, 0.1) is 11.8 Å². The first-order valence-electron chi connectivity index (χ1n) is 8.42. The number of fused-ring (bicyclic) bond motifs is 1. The Kier molecular flexibility index (Phi) is 4.32. The molecule has 2 fully saturated rings. The molecule has 1 aromatic rings. The number of nitrogens with zero attached hydrogens (tertiary/aromatic N) is 1. The number of rotatable bonds is 4. The lowest BCUT2D eigenvalue weighted by Gasteiger charge is -2.38. The van der Waals surface area contributed by atoms with Gasteiger partial charge in [-0.3, -0.25) is 0 Å². The Morgan fingerprint density at radius 1 is 1.24 bits per heavy atom. The normalized spacial score (nSPS) is 29.1. The van der Waals surface area contributed by atoms with E-state index in [1.165, 1.54) is 32.1 Å². The third-order valence-corrected chi connectivity index (χ3v) is 5.28. The summed E-state index contributed by atoms with van der Waals surface area (Å²) >= 11 is 0. The average molecular weight is 291 g/mol. The number of carbonyl (C=O) groups is 1. The summed E-state index contributed by atoms with van der Waals surface area (Å²) in [6.45, 7) is 2.03. The predicted molar refractivity (Wildman–Crippen MR) is 79.5 cm³/mol. The van der Waals surface area contributed by atoms with Gasteiger partial charge in [-0.1, -0.05) is 39.0 Å². The molecular weight excluding hydrogens is 266 g/mol. The van der Waals surface area contributed by atoms with E-state index in [9.17, 15) is 9.90 Å². The van der Waals surface area contributed by atoms with Crippen molar-refractivity contribution in [3.05, 3.63) is 17.3 Å². The first-order chi connectivity index (χ1) is 10.2. The third kappa shape index (κ3) is 2.99. The van der Waals surface area contributed by atoms with Crippen LogP contribution in [0.25, 0.3) is 0 Å². The van der Waals surface area contributed by atoms with Crippen LogP contribution in [0.4, 0.5) is 0 Å². The number of carboxylic acid groups (broad SMARTS) is 1. The van der Waals surface area contributed by atoms with E-state index in [1.54, 1.807) is 0 Å². The Hall–Kier alpha value is -1.32. The van der Waals surface area contributed by atoms with Gasteiger partial charge >= 0.3 is 5.97 Å². The summed E-state index contributed by atoms with van der Waals surface area (Å²) in [7, 11) is 0. The molecule has 1 N–H and O–H groups in total. The standard InChI is InChI=1S/C17H25NO3/c1-2-5-14-15(17(19)20)21-16(18-14)13-9-8-11-6-3-4-7-12(11)10-13/h11-13H,2-10H2,1H3,(H,19,20). The molecule has 0 radical (unpaired) electrons. The maximum Gasteiger partial charge on any atom is 0.373 e. The van der Waals surface area contributed by atoms with Gasteiger partial charge in [-0.25, -0.2) is 9.78 Å². The van der Waals surface area contributed by atoms with Crippen molar-refractivity contribution in [3.8, 4) is 0 Å². The molecule has 3 atom stereocenters. The Morgan fingerprint density at radius 3 is 2.71 bits per heavy atom. The van der Waals surface area contributed by atoms with Crippen molar-refractivity contribution in [1.29, 1.82) is 0 Å². The Labute approximate surface area is 125 Å². The van der Waals surface area contributed by atoms with E-state index in [1.807, 2.05) is 6.92 Å². The van der Waals surface area contributed by atoms with Crippen molar-refractivity contribution < 1.29 is 14.3 Å². The minimum Gasteiger partial charge on any atom is -0.475 e. The van der Waals surface area contributed by atoms with Gasteiger partial charge < -0.3 is 9.52 Å². The lowest BCUT2D eigenvalue weighted by molar-refractivity contribution is 0.0655. The summed E-state index contributed by atoms with van der Waals surface area (Å²) in [6, 6.07) is 0. The molecule has 0 saturated heterocycles. The number of oxazole rings is 1. The molecular formula is C17H25NO3. The first-order valence-corrected chi connectivity index (χ1v) is 8.42. The zero-order valence-corrected chi connectivity index (χ0v) is 12.8. The van der Waals surface area contributed by atoms with Crippen LogP contribution >= 0.6 is 0 Å². The maximum absolute atomic E-state index is 11.3. The topological polar surface area (TPSA) is 63.3 Å². The van der Waals surface area contributed by atoms with Gasteiger partial charge in [-0.05, 0) is 37.5 Å². The maximum atomic E-state index is 11.3. The summed E-state index contributed by atoms with van der Waals surface area (Å²) in [5, 5.41) is 9.26. The Bertz CT molecular complexity index is 508. The van der Waals surface area contributed by atoms with E-state index in [0.717, 1.165) is 31.1 Å². The Morgan fingerprint density at radius 2 is 2.00 bits per heavy atom. The molecule has 0 aliphatic heterocycles. The van der Waals surface area contributed by atoms with E-state index >= 15 is 0 Å². The van der Waals surface area contributed by atoms with Gasteiger partial charge in [0.05, 0.1) is 5.69 Å². The van der Waals surface area contributed by atoms with Crippen molar-refractivity contribution in [2.45, 2.75) is 70.6 Å². The van der Waals surface area contributed by atoms with Crippen molar-refractivity contribution in [3.63, 3.8) is 0 Å². The second-order valence-corrected chi connectivity index (χ2v) is 6.70. The number of aryl methyl sites for hydroxylation is 1. The molecule has 0 aromatic carbocycles. The molecule has 3 unspecified atom stereocenters. The molecule has 4 heteroatoms. The quantitative estimate of drug-likeness (QED) is 0.893. The van der Waals surface area contributed by atoms with Gasteiger partial charge in [0.2, 0.25) is 5.76 Å². The van der Waals surface area contributed by atoms with Crippen LogP contribution in [0.1, 0.15) is 86.3 Å². The van der Waals surface area contributed by atoms with E-state index in [2.05, 4.69) is 4.98 Å². The van der Waals surface area contributed by atoms with Gasteiger partial charge in [0, 0.05) is 5.92 Å². The van der Waals surface area contributed by atoms with Crippen LogP contribution in [0.2, 0.25) is 0 Å². The lowest BCUT2D eigenvalue weighted by atomic mass is 9.67. The zero-order valence-electron chi connectivity index (χ0n) is 12.8. The number of hydrogen-bond donors (Lipinski definition) is 1. The molecule has 0 amide bonds. The fourth-order valence-electron chi connectivity index (χ4n) is 4.22. The van der Waals surface area contributed by atoms with Crippen LogP contribution in [0.15, 0.2) is 4.42 Å². The molecule has 0 spiro atoms. The van der Waals surface area contributed by atoms with Crippen LogP contribution < -0.4 is 0 Å². The monoisotopic (exact) mass is 291 g/mol. The molecule has 1 aromatic heterocycles. The van der Waals surface area contributed by atoms with E-state index in [0.29, 0.717) is 23.9 Å². The fourth-order valence-corrected chi connectivity index (χ4v) is 4.22. The number of hydrogen-bond acceptors (Lipinski definition) is 3. The summed E-state index contributed by atoms with van der Waals surface area (Å²) < 4.78 is 5.64. The highest BCUT2D eigenvalue weighted by atomic mass is 16.4.